The van der Waals surface area contributed by atoms with Crippen LogP contribution >= 0.6 is 0 Å². The van der Waals surface area contributed by atoms with Crippen molar-refractivity contribution >= 4 is 32.9 Å². The Morgan fingerprint density at radius 1 is 0.469 bits per heavy atom. The molecule has 0 atom stereocenters. The summed E-state index contributed by atoms with van der Waals surface area (Å²) >= 11 is 0. The molecule has 10 rings (SSSR count). The molecule has 9 aromatic rings. The maximum atomic E-state index is 6.46. The van der Waals surface area contributed by atoms with Gasteiger partial charge in [0.1, 0.15) is 22.5 Å². The molecule has 5 heteroatoms. The lowest BCUT2D eigenvalue weighted by Crippen LogP contribution is -2.14. The minimum Gasteiger partial charge on any atom is -0.456 e. The molecule has 232 valence electrons. The van der Waals surface area contributed by atoms with Crippen LogP contribution in [0.15, 0.2) is 148 Å². The van der Waals surface area contributed by atoms with E-state index in [4.69, 9.17) is 23.8 Å². The third kappa shape index (κ3) is 4.22. The molecule has 0 fully saturated rings. The molecule has 0 N–H and O–H groups in total. The van der Waals surface area contributed by atoms with Crippen molar-refractivity contribution in [1.29, 1.82) is 0 Å². The molecule has 3 aromatic heterocycles. The Labute approximate surface area is 282 Å². The Hall–Kier alpha value is -6.33. The molecular formula is C44H29N3O2. The van der Waals surface area contributed by atoms with Gasteiger partial charge in [-0.25, -0.2) is 15.0 Å². The predicted molar refractivity (Wildman–Crippen MR) is 196 cm³/mol. The fourth-order valence-electron chi connectivity index (χ4n) is 7.52. The standard InChI is InChI=1S/C44H29N3O2/c1-44(2)34-17-6-4-13-31(34)39-32(15-10-18-35(39)44)42-45-41(27-23-21-26(22-24-27)38-25-28-11-3-7-19-36(28)48-38)46-43(47-42)33-16-9-14-30-29-12-5-8-20-37(29)49-40(30)33/h3-25H,1-2H3. The molecule has 6 aromatic carbocycles. The Bertz CT molecular complexity index is 2720. The van der Waals surface area contributed by atoms with Gasteiger partial charge in [-0.15, -0.1) is 0 Å². The van der Waals surface area contributed by atoms with Crippen molar-refractivity contribution < 1.29 is 8.83 Å². The molecule has 3 heterocycles. The van der Waals surface area contributed by atoms with E-state index in [0.717, 1.165) is 60.9 Å². The number of nitrogens with zero attached hydrogens (tertiary/aromatic N) is 3. The Kier molecular flexibility index (Phi) is 5.85. The highest BCUT2D eigenvalue weighted by molar-refractivity contribution is 6.09. The van der Waals surface area contributed by atoms with Gasteiger partial charge in [0.25, 0.3) is 0 Å². The monoisotopic (exact) mass is 631 g/mol. The van der Waals surface area contributed by atoms with E-state index in [2.05, 4.69) is 105 Å². The Morgan fingerprint density at radius 2 is 1.08 bits per heavy atom. The van der Waals surface area contributed by atoms with Gasteiger partial charge in [0.05, 0.1) is 5.56 Å². The lowest BCUT2D eigenvalue weighted by atomic mass is 9.82. The molecule has 0 radical (unpaired) electrons. The van der Waals surface area contributed by atoms with E-state index >= 15 is 0 Å². The highest BCUT2D eigenvalue weighted by Gasteiger charge is 2.37. The van der Waals surface area contributed by atoms with Crippen molar-refractivity contribution in [2.45, 2.75) is 19.3 Å². The largest absolute Gasteiger partial charge is 0.456 e. The van der Waals surface area contributed by atoms with Crippen LogP contribution in [0, 0.1) is 0 Å². The summed E-state index contributed by atoms with van der Waals surface area (Å²) in [5.41, 5.74) is 11.0. The van der Waals surface area contributed by atoms with Crippen LogP contribution in [0.5, 0.6) is 0 Å². The van der Waals surface area contributed by atoms with Crippen LogP contribution in [-0.2, 0) is 5.41 Å². The van der Waals surface area contributed by atoms with Crippen molar-refractivity contribution in [1.82, 2.24) is 15.0 Å². The molecule has 0 amide bonds. The van der Waals surface area contributed by atoms with Crippen LogP contribution in [0.4, 0.5) is 0 Å². The van der Waals surface area contributed by atoms with Crippen LogP contribution in [0.3, 0.4) is 0 Å². The first-order chi connectivity index (χ1) is 24.0. The number of benzene rings is 6. The summed E-state index contributed by atoms with van der Waals surface area (Å²) in [7, 11) is 0. The van der Waals surface area contributed by atoms with Crippen molar-refractivity contribution in [2.24, 2.45) is 0 Å². The summed E-state index contributed by atoms with van der Waals surface area (Å²) in [6, 6.07) is 47.8. The number of furan rings is 2. The van der Waals surface area contributed by atoms with Crippen molar-refractivity contribution in [3.05, 3.63) is 151 Å². The molecule has 0 saturated carbocycles. The summed E-state index contributed by atoms with van der Waals surface area (Å²) in [6.07, 6.45) is 0. The Balaban J connectivity index is 1.18. The zero-order valence-electron chi connectivity index (χ0n) is 26.9. The lowest BCUT2D eigenvalue weighted by molar-refractivity contribution is 0.631. The van der Waals surface area contributed by atoms with E-state index in [1.165, 1.54) is 22.3 Å². The Morgan fingerprint density at radius 3 is 1.94 bits per heavy atom. The van der Waals surface area contributed by atoms with Gasteiger partial charge < -0.3 is 8.83 Å². The minimum absolute atomic E-state index is 0.146. The van der Waals surface area contributed by atoms with Crippen LogP contribution in [0.2, 0.25) is 0 Å². The van der Waals surface area contributed by atoms with Gasteiger partial charge in [0.15, 0.2) is 17.5 Å². The van der Waals surface area contributed by atoms with Gasteiger partial charge in [0.2, 0.25) is 0 Å². The van der Waals surface area contributed by atoms with E-state index in [-0.39, 0.29) is 5.41 Å². The highest BCUT2D eigenvalue weighted by Crippen LogP contribution is 2.51. The first-order valence-corrected chi connectivity index (χ1v) is 16.5. The number of para-hydroxylation sites is 3. The first-order valence-electron chi connectivity index (χ1n) is 16.5. The van der Waals surface area contributed by atoms with Crippen LogP contribution in [-0.4, -0.2) is 15.0 Å². The van der Waals surface area contributed by atoms with Gasteiger partial charge in [-0.1, -0.05) is 129 Å². The maximum absolute atomic E-state index is 6.46. The molecule has 0 aliphatic heterocycles. The second-order valence-corrected chi connectivity index (χ2v) is 13.2. The van der Waals surface area contributed by atoms with E-state index in [1.54, 1.807) is 0 Å². The zero-order valence-corrected chi connectivity index (χ0v) is 26.9. The van der Waals surface area contributed by atoms with Gasteiger partial charge in [-0.05, 0) is 46.5 Å². The van der Waals surface area contributed by atoms with E-state index in [0.29, 0.717) is 17.5 Å². The lowest BCUT2D eigenvalue weighted by Gasteiger charge is -2.21. The van der Waals surface area contributed by atoms with Gasteiger partial charge in [-0.3, -0.25) is 0 Å². The topological polar surface area (TPSA) is 65.0 Å². The molecule has 0 saturated heterocycles. The van der Waals surface area contributed by atoms with Gasteiger partial charge in [0, 0.05) is 38.3 Å². The number of hydrogen-bond donors (Lipinski definition) is 0. The van der Waals surface area contributed by atoms with E-state index in [1.807, 2.05) is 48.5 Å². The number of aromatic nitrogens is 3. The number of fused-ring (bicyclic) bond motifs is 7. The van der Waals surface area contributed by atoms with Crippen LogP contribution < -0.4 is 0 Å². The fourth-order valence-corrected chi connectivity index (χ4v) is 7.52. The number of rotatable bonds is 4. The summed E-state index contributed by atoms with van der Waals surface area (Å²) in [5.74, 6) is 2.60. The first kappa shape index (κ1) is 27.8. The second kappa shape index (κ2) is 10.3. The van der Waals surface area contributed by atoms with E-state index < -0.39 is 0 Å². The number of hydrogen-bond acceptors (Lipinski definition) is 5. The van der Waals surface area contributed by atoms with Crippen molar-refractivity contribution in [3.8, 4) is 56.6 Å². The molecule has 1 aliphatic carbocycles. The molecule has 49 heavy (non-hydrogen) atoms. The van der Waals surface area contributed by atoms with Crippen LogP contribution in [0.1, 0.15) is 25.0 Å². The third-order valence-corrected chi connectivity index (χ3v) is 9.98. The smallest absolute Gasteiger partial charge is 0.167 e. The average Bonchev–Trinajstić information content (AvgIpc) is 3.82. The van der Waals surface area contributed by atoms with Crippen LogP contribution in [0.25, 0.3) is 89.5 Å². The molecule has 0 spiro atoms. The second-order valence-electron chi connectivity index (χ2n) is 13.2. The zero-order chi connectivity index (χ0) is 32.7. The molecule has 1 aliphatic rings. The summed E-state index contributed by atoms with van der Waals surface area (Å²) in [4.78, 5) is 15.5. The van der Waals surface area contributed by atoms with Gasteiger partial charge in [-0.2, -0.15) is 0 Å². The molecule has 5 nitrogen and oxygen atoms in total. The van der Waals surface area contributed by atoms with Crippen molar-refractivity contribution in [2.75, 3.05) is 0 Å². The van der Waals surface area contributed by atoms with Gasteiger partial charge >= 0.3 is 0 Å². The summed E-state index contributed by atoms with van der Waals surface area (Å²) in [5, 5.41) is 3.17. The maximum Gasteiger partial charge on any atom is 0.167 e. The molecule has 0 bridgehead atoms. The predicted octanol–water partition coefficient (Wildman–Crippen LogP) is 11.5. The average molecular weight is 632 g/mol. The SMILES string of the molecule is CC1(C)c2ccccc2-c2c(-c3nc(-c4ccc(-c5cc6ccccc6o5)cc4)nc(-c4cccc5c4oc4ccccc45)n3)cccc21. The summed E-state index contributed by atoms with van der Waals surface area (Å²) in [6.45, 7) is 4.58. The highest BCUT2D eigenvalue weighted by atomic mass is 16.3. The summed E-state index contributed by atoms with van der Waals surface area (Å²) < 4.78 is 12.6. The molecular weight excluding hydrogens is 603 g/mol. The van der Waals surface area contributed by atoms with Crippen molar-refractivity contribution in [3.63, 3.8) is 0 Å². The minimum atomic E-state index is -0.146. The third-order valence-electron chi connectivity index (χ3n) is 9.98. The molecule has 0 unspecified atom stereocenters. The fraction of sp³-hybridized carbons (Fsp3) is 0.0682. The van der Waals surface area contributed by atoms with E-state index in [9.17, 15) is 0 Å². The quantitative estimate of drug-likeness (QED) is 0.193. The normalized spacial score (nSPS) is 13.3.